The second kappa shape index (κ2) is 6.61. The van der Waals surface area contributed by atoms with Gasteiger partial charge in [0.15, 0.2) is 0 Å². The third-order valence-corrected chi connectivity index (χ3v) is 5.14. The van der Waals surface area contributed by atoms with E-state index in [1.165, 1.54) is 0 Å². The van der Waals surface area contributed by atoms with Gasteiger partial charge in [0.05, 0.1) is 11.6 Å². The van der Waals surface area contributed by atoms with Gasteiger partial charge in [-0.2, -0.15) is 5.06 Å². The molecule has 1 heterocycles. The summed E-state index contributed by atoms with van der Waals surface area (Å²) < 4.78 is 0. The minimum Gasteiger partial charge on any atom is -0.478 e. The van der Waals surface area contributed by atoms with Crippen LogP contribution in [0.4, 0.5) is 0 Å². The molecule has 132 valence electrons. The van der Waals surface area contributed by atoms with Gasteiger partial charge in [0.1, 0.15) is 5.60 Å². The lowest BCUT2D eigenvalue weighted by atomic mass is 9.87. The molecular weight excluding hydrogens is 361 g/mol. The van der Waals surface area contributed by atoms with Crippen LogP contribution in [-0.4, -0.2) is 23.2 Å². The molecule has 3 rings (SSSR count). The van der Waals surface area contributed by atoms with Crippen molar-refractivity contribution in [3.05, 3.63) is 68.7 Å². The second-order valence-electron chi connectivity index (χ2n) is 6.63. The van der Waals surface area contributed by atoms with Gasteiger partial charge in [0, 0.05) is 23.5 Å². The Kier molecular flexibility index (Phi) is 4.82. The minimum absolute atomic E-state index is 0.00398. The summed E-state index contributed by atoms with van der Waals surface area (Å²) in [5.41, 5.74) is 2.42. The predicted molar refractivity (Wildman–Crippen MR) is 98.2 cm³/mol. The molecule has 0 bridgehead atoms. The Morgan fingerprint density at radius 3 is 2.44 bits per heavy atom. The van der Waals surface area contributed by atoms with Gasteiger partial charge in [0.2, 0.25) is 0 Å². The SMILES string of the molecule is Cc1cc(C2CC(C)(c3cc(Cl)cc(Cl)c3)ON2C)ccc1C(=O)O. The summed E-state index contributed by atoms with van der Waals surface area (Å²) in [5.74, 6) is -0.918. The molecule has 1 saturated heterocycles. The molecule has 0 spiro atoms. The van der Waals surface area contributed by atoms with E-state index in [4.69, 9.17) is 28.0 Å². The normalized spacial score (nSPS) is 23.8. The molecule has 2 aromatic carbocycles. The number of aryl methyl sites for hydroxylation is 1. The number of nitrogens with zero attached hydrogens (tertiary/aromatic N) is 1. The molecule has 6 heteroatoms. The van der Waals surface area contributed by atoms with Gasteiger partial charge in [-0.25, -0.2) is 4.79 Å². The average Bonchev–Trinajstić information content (AvgIpc) is 2.82. The number of hydrogen-bond acceptors (Lipinski definition) is 3. The van der Waals surface area contributed by atoms with Crippen LogP contribution in [0.15, 0.2) is 36.4 Å². The highest BCUT2D eigenvalue weighted by Gasteiger charge is 2.43. The Morgan fingerprint density at radius 1 is 1.24 bits per heavy atom. The number of halogens is 2. The van der Waals surface area contributed by atoms with Crippen molar-refractivity contribution in [2.24, 2.45) is 0 Å². The van der Waals surface area contributed by atoms with Gasteiger partial charge >= 0.3 is 5.97 Å². The molecule has 2 unspecified atom stereocenters. The molecular formula is C19H19Cl2NO3. The first-order chi connectivity index (χ1) is 11.7. The summed E-state index contributed by atoms with van der Waals surface area (Å²) in [7, 11) is 1.88. The van der Waals surface area contributed by atoms with Crippen LogP contribution >= 0.6 is 23.2 Å². The van der Waals surface area contributed by atoms with Crippen LogP contribution in [0.5, 0.6) is 0 Å². The van der Waals surface area contributed by atoms with Crippen LogP contribution in [0.25, 0.3) is 0 Å². The number of carboxylic acids is 1. The van der Waals surface area contributed by atoms with Gasteiger partial charge in [-0.15, -0.1) is 0 Å². The van der Waals surface area contributed by atoms with E-state index >= 15 is 0 Å². The van der Waals surface area contributed by atoms with Crippen LogP contribution in [0.1, 0.15) is 46.4 Å². The van der Waals surface area contributed by atoms with Crippen LogP contribution < -0.4 is 0 Å². The van der Waals surface area contributed by atoms with E-state index in [2.05, 4.69) is 0 Å². The predicted octanol–water partition coefficient (Wildman–Crippen LogP) is 5.22. The molecule has 1 fully saturated rings. The summed E-state index contributed by atoms with van der Waals surface area (Å²) in [4.78, 5) is 17.3. The average molecular weight is 380 g/mol. The summed E-state index contributed by atoms with van der Waals surface area (Å²) >= 11 is 12.3. The van der Waals surface area contributed by atoms with E-state index < -0.39 is 11.6 Å². The fourth-order valence-corrected chi connectivity index (χ4v) is 3.93. The topological polar surface area (TPSA) is 49.8 Å². The highest BCUT2D eigenvalue weighted by Crippen LogP contribution is 2.46. The van der Waals surface area contributed by atoms with Crippen molar-refractivity contribution in [1.82, 2.24) is 5.06 Å². The number of carboxylic acid groups (broad SMARTS) is 1. The van der Waals surface area contributed by atoms with Gasteiger partial charge in [0.25, 0.3) is 0 Å². The molecule has 1 aliphatic heterocycles. The first-order valence-corrected chi connectivity index (χ1v) is 8.67. The smallest absolute Gasteiger partial charge is 0.335 e. The third kappa shape index (κ3) is 3.53. The molecule has 2 atom stereocenters. The van der Waals surface area contributed by atoms with Crippen molar-refractivity contribution < 1.29 is 14.7 Å². The lowest BCUT2D eigenvalue weighted by Crippen LogP contribution is -2.23. The number of carbonyl (C=O) groups is 1. The Balaban J connectivity index is 1.93. The zero-order chi connectivity index (χ0) is 18.4. The first-order valence-electron chi connectivity index (χ1n) is 7.92. The Labute approximate surface area is 156 Å². The standard InChI is InChI=1S/C19H19Cl2NO3/c1-11-6-12(4-5-16(11)18(23)24)17-10-19(2,25-22(17)3)13-7-14(20)9-15(21)8-13/h4-9,17H,10H2,1-3H3,(H,23,24). The number of benzene rings is 2. The van der Waals surface area contributed by atoms with Crippen molar-refractivity contribution in [3.63, 3.8) is 0 Å². The maximum Gasteiger partial charge on any atom is 0.335 e. The van der Waals surface area contributed by atoms with E-state index in [0.717, 1.165) is 16.7 Å². The highest BCUT2D eigenvalue weighted by atomic mass is 35.5. The lowest BCUT2D eigenvalue weighted by molar-refractivity contribution is -0.188. The van der Waals surface area contributed by atoms with Crippen molar-refractivity contribution in [2.75, 3.05) is 7.05 Å². The minimum atomic E-state index is -0.918. The quantitative estimate of drug-likeness (QED) is 0.793. The number of rotatable bonds is 3. The maximum atomic E-state index is 11.2. The molecule has 0 aliphatic carbocycles. The lowest BCUT2D eigenvalue weighted by Gasteiger charge is -2.24. The number of hydroxylamine groups is 2. The van der Waals surface area contributed by atoms with Crippen molar-refractivity contribution in [3.8, 4) is 0 Å². The molecule has 25 heavy (non-hydrogen) atoms. The van der Waals surface area contributed by atoms with E-state index in [1.54, 1.807) is 19.1 Å². The molecule has 4 nitrogen and oxygen atoms in total. The number of aromatic carboxylic acids is 1. The fourth-order valence-electron chi connectivity index (χ4n) is 3.41. The van der Waals surface area contributed by atoms with E-state index in [9.17, 15) is 9.90 Å². The Bertz CT molecular complexity index is 819. The molecule has 1 N–H and O–H groups in total. The zero-order valence-electron chi connectivity index (χ0n) is 14.2. The van der Waals surface area contributed by atoms with E-state index in [1.807, 2.05) is 43.3 Å². The maximum absolute atomic E-state index is 11.2. The van der Waals surface area contributed by atoms with Crippen LogP contribution in [-0.2, 0) is 10.4 Å². The molecule has 0 aromatic heterocycles. The van der Waals surface area contributed by atoms with Crippen molar-refractivity contribution in [2.45, 2.75) is 31.9 Å². The highest BCUT2D eigenvalue weighted by molar-refractivity contribution is 6.34. The van der Waals surface area contributed by atoms with Crippen molar-refractivity contribution >= 4 is 29.2 Å². The molecule has 1 aliphatic rings. The van der Waals surface area contributed by atoms with Crippen molar-refractivity contribution in [1.29, 1.82) is 0 Å². The van der Waals surface area contributed by atoms with Crippen LogP contribution in [0, 0.1) is 6.92 Å². The summed E-state index contributed by atoms with van der Waals surface area (Å²) in [6, 6.07) is 10.8. The van der Waals surface area contributed by atoms with Crippen LogP contribution in [0.3, 0.4) is 0 Å². The number of hydrogen-bond donors (Lipinski definition) is 1. The second-order valence-corrected chi connectivity index (χ2v) is 7.50. The van der Waals surface area contributed by atoms with Gasteiger partial charge < -0.3 is 5.11 Å². The van der Waals surface area contributed by atoms with Gasteiger partial charge in [-0.3, -0.25) is 4.84 Å². The zero-order valence-corrected chi connectivity index (χ0v) is 15.7. The summed E-state index contributed by atoms with van der Waals surface area (Å²) in [6.45, 7) is 3.81. The van der Waals surface area contributed by atoms with E-state index in [-0.39, 0.29) is 6.04 Å². The largest absolute Gasteiger partial charge is 0.478 e. The third-order valence-electron chi connectivity index (χ3n) is 4.71. The summed E-state index contributed by atoms with van der Waals surface area (Å²) in [5, 5.41) is 12.1. The van der Waals surface area contributed by atoms with E-state index in [0.29, 0.717) is 22.0 Å². The monoisotopic (exact) mass is 379 g/mol. The van der Waals surface area contributed by atoms with Gasteiger partial charge in [-0.05, 0) is 54.8 Å². The fraction of sp³-hybridized carbons (Fsp3) is 0.316. The first kappa shape index (κ1) is 18.2. The Hall–Kier alpha value is -1.59. The molecule has 0 saturated carbocycles. The van der Waals surface area contributed by atoms with Gasteiger partial charge in [-0.1, -0.05) is 35.3 Å². The Morgan fingerprint density at radius 2 is 1.88 bits per heavy atom. The summed E-state index contributed by atoms with van der Waals surface area (Å²) in [6.07, 6.45) is 0.700. The molecule has 0 radical (unpaired) electrons. The molecule has 2 aromatic rings. The van der Waals surface area contributed by atoms with Crippen LogP contribution in [0.2, 0.25) is 10.0 Å². The molecule has 0 amide bonds.